The van der Waals surface area contributed by atoms with E-state index >= 15 is 0 Å². The Morgan fingerprint density at radius 2 is 1.94 bits per heavy atom. The van der Waals surface area contributed by atoms with Crippen molar-refractivity contribution in [1.82, 2.24) is 9.97 Å². The van der Waals surface area contributed by atoms with Crippen molar-refractivity contribution in [2.45, 2.75) is 0 Å². The van der Waals surface area contributed by atoms with E-state index in [9.17, 15) is 9.18 Å². The van der Waals surface area contributed by atoms with Gasteiger partial charge in [0.25, 0.3) is 0 Å². The summed E-state index contributed by atoms with van der Waals surface area (Å²) in [4.78, 5) is 19.1. The number of H-pyrrole nitrogens is 1. The van der Waals surface area contributed by atoms with Crippen LogP contribution >= 0.6 is 0 Å². The molecule has 0 atom stereocenters. The fourth-order valence-corrected chi connectivity index (χ4v) is 1.94. The second-order valence-electron chi connectivity index (χ2n) is 3.96. The molecule has 88 valence electrons. The number of aromatic amines is 1. The Balaban J connectivity index is 2.15. The number of carbonyl (C=O) groups excluding carboxylic acids is 1. The van der Waals surface area contributed by atoms with Crippen LogP contribution < -0.4 is 0 Å². The van der Waals surface area contributed by atoms with Crippen LogP contribution in [0, 0.1) is 5.82 Å². The van der Waals surface area contributed by atoms with Gasteiger partial charge in [0, 0.05) is 40.6 Å². The van der Waals surface area contributed by atoms with Crippen molar-refractivity contribution in [2.75, 3.05) is 0 Å². The molecule has 1 N–H and O–H groups in total. The fourth-order valence-electron chi connectivity index (χ4n) is 1.94. The number of aromatic nitrogens is 2. The predicted molar refractivity (Wildman–Crippen MR) is 65.9 cm³/mol. The number of halogens is 1. The monoisotopic (exact) mass is 240 g/mol. The third kappa shape index (κ3) is 1.68. The van der Waals surface area contributed by atoms with Crippen LogP contribution in [0.4, 0.5) is 4.39 Å². The standard InChI is InChI=1S/C14H9FN2O/c15-10-1-2-13-11(7-10)12(8-17-13)14(18)9-3-5-16-6-4-9/h1-8,17H. The van der Waals surface area contributed by atoms with Gasteiger partial charge in [0.15, 0.2) is 5.78 Å². The average Bonchev–Trinajstić information content (AvgIpc) is 2.82. The molecule has 0 amide bonds. The topological polar surface area (TPSA) is 45.8 Å². The summed E-state index contributed by atoms with van der Waals surface area (Å²) in [5, 5.41) is 0.594. The number of nitrogens with zero attached hydrogens (tertiary/aromatic N) is 1. The van der Waals surface area contributed by atoms with Crippen molar-refractivity contribution in [2.24, 2.45) is 0 Å². The molecular formula is C14H9FN2O. The number of hydrogen-bond donors (Lipinski definition) is 1. The molecule has 0 spiro atoms. The summed E-state index contributed by atoms with van der Waals surface area (Å²) >= 11 is 0. The van der Waals surface area contributed by atoms with Crippen molar-refractivity contribution in [1.29, 1.82) is 0 Å². The van der Waals surface area contributed by atoms with E-state index in [1.165, 1.54) is 12.1 Å². The van der Waals surface area contributed by atoms with Gasteiger partial charge >= 0.3 is 0 Å². The molecule has 4 heteroatoms. The van der Waals surface area contributed by atoms with E-state index in [4.69, 9.17) is 0 Å². The molecular weight excluding hydrogens is 231 g/mol. The summed E-state index contributed by atoms with van der Waals surface area (Å²) in [6.45, 7) is 0. The van der Waals surface area contributed by atoms with E-state index in [1.807, 2.05) is 0 Å². The Hall–Kier alpha value is -2.49. The Morgan fingerprint density at radius 3 is 2.72 bits per heavy atom. The van der Waals surface area contributed by atoms with Crippen molar-refractivity contribution >= 4 is 16.7 Å². The third-order valence-electron chi connectivity index (χ3n) is 2.83. The second kappa shape index (κ2) is 4.07. The highest BCUT2D eigenvalue weighted by Gasteiger charge is 2.14. The number of fused-ring (bicyclic) bond motifs is 1. The number of ketones is 1. The molecule has 3 nitrogen and oxygen atoms in total. The molecule has 0 saturated heterocycles. The highest BCUT2D eigenvalue weighted by molar-refractivity contribution is 6.16. The minimum absolute atomic E-state index is 0.144. The van der Waals surface area contributed by atoms with E-state index in [0.717, 1.165) is 5.52 Å². The van der Waals surface area contributed by atoms with Crippen LogP contribution in [0.1, 0.15) is 15.9 Å². The van der Waals surface area contributed by atoms with Gasteiger partial charge in [0.05, 0.1) is 0 Å². The molecule has 3 aromatic rings. The summed E-state index contributed by atoms with van der Waals surface area (Å²) < 4.78 is 13.2. The minimum Gasteiger partial charge on any atom is -0.360 e. The van der Waals surface area contributed by atoms with Gasteiger partial charge in [-0.2, -0.15) is 0 Å². The number of benzene rings is 1. The Labute approximate surface area is 102 Å². The first kappa shape index (κ1) is 10.7. The lowest BCUT2D eigenvalue weighted by molar-refractivity contribution is 0.104. The van der Waals surface area contributed by atoms with Gasteiger partial charge in [-0.1, -0.05) is 0 Å². The normalized spacial score (nSPS) is 10.7. The molecule has 0 unspecified atom stereocenters. The molecule has 2 heterocycles. The van der Waals surface area contributed by atoms with E-state index in [-0.39, 0.29) is 11.6 Å². The van der Waals surface area contributed by atoms with Crippen LogP contribution in [0.25, 0.3) is 10.9 Å². The molecule has 3 rings (SSSR count). The first-order chi connectivity index (χ1) is 8.75. The minimum atomic E-state index is -0.356. The summed E-state index contributed by atoms with van der Waals surface area (Å²) in [7, 11) is 0. The SMILES string of the molecule is O=C(c1ccncc1)c1c[nH]c2ccc(F)cc12. The molecule has 0 saturated carbocycles. The molecule has 0 aliphatic rings. The summed E-state index contributed by atoms with van der Waals surface area (Å²) in [6.07, 6.45) is 4.72. The predicted octanol–water partition coefficient (Wildman–Crippen LogP) is 2.93. The Bertz CT molecular complexity index is 719. The molecule has 0 radical (unpaired) electrons. The molecule has 0 aliphatic carbocycles. The van der Waals surface area contributed by atoms with Gasteiger partial charge < -0.3 is 4.98 Å². The van der Waals surface area contributed by atoms with Crippen molar-refractivity contribution < 1.29 is 9.18 Å². The molecule has 0 bridgehead atoms. The molecule has 18 heavy (non-hydrogen) atoms. The summed E-state index contributed by atoms with van der Waals surface area (Å²) in [5.74, 6) is -0.500. The zero-order valence-corrected chi connectivity index (χ0v) is 9.35. The van der Waals surface area contributed by atoms with Crippen molar-refractivity contribution in [3.8, 4) is 0 Å². The van der Waals surface area contributed by atoms with Crippen LogP contribution in [0.3, 0.4) is 0 Å². The zero-order chi connectivity index (χ0) is 12.5. The quantitative estimate of drug-likeness (QED) is 0.700. The van der Waals surface area contributed by atoms with E-state index in [2.05, 4.69) is 9.97 Å². The molecule has 2 aromatic heterocycles. The Kier molecular flexibility index (Phi) is 2.41. The van der Waals surface area contributed by atoms with Gasteiger partial charge in [0.2, 0.25) is 0 Å². The first-order valence-corrected chi connectivity index (χ1v) is 5.47. The van der Waals surface area contributed by atoms with Gasteiger partial charge in [0.1, 0.15) is 5.82 Å². The lowest BCUT2D eigenvalue weighted by atomic mass is 10.0. The maximum absolute atomic E-state index is 13.2. The van der Waals surface area contributed by atoms with Crippen LogP contribution in [-0.2, 0) is 0 Å². The first-order valence-electron chi connectivity index (χ1n) is 5.47. The van der Waals surface area contributed by atoms with Crippen LogP contribution in [0.15, 0.2) is 48.9 Å². The number of rotatable bonds is 2. The third-order valence-corrected chi connectivity index (χ3v) is 2.83. The lowest BCUT2D eigenvalue weighted by Gasteiger charge is -1.99. The molecule has 1 aromatic carbocycles. The van der Waals surface area contributed by atoms with Crippen LogP contribution in [0.2, 0.25) is 0 Å². The summed E-state index contributed by atoms with van der Waals surface area (Å²) in [6, 6.07) is 7.62. The number of carbonyl (C=O) groups is 1. The Morgan fingerprint density at radius 1 is 1.17 bits per heavy atom. The maximum atomic E-state index is 13.2. The van der Waals surface area contributed by atoms with E-state index in [1.54, 1.807) is 36.8 Å². The van der Waals surface area contributed by atoms with Crippen molar-refractivity contribution in [3.05, 3.63) is 65.9 Å². The number of pyridine rings is 1. The van der Waals surface area contributed by atoms with Gasteiger partial charge in [-0.3, -0.25) is 9.78 Å². The van der Waals surface area contributed by atoms with Gasteiger partial charge in [-0.05, 0) is 30.3 Å². The fraction of sp³-hybridized carbons (Fsp3) is 0. The van der Waals surface area contributed by atoms with E-state index in [0.29, 0.717) is 16.5 Å². The molecule has 0 fully saturated rings. The number of nitrogens with one attached hydrogen (secondary N) is 1. The second-order valence-corrected chi connectivity index (χ2v) is 3.96. The van der Waals surface area contributed by atoms with Crippen LogP contribution in [-0.4, -0.2) is 15.8 Å². The lowest BCUT2D eigenvalue weighted by Crippen LogP contribution is -2.00. The average molecular weight is 240 g/mol. The summed E-state index contributed by atoms with van der Waals surface area (Å²) in [5.41, 5.74) is 1.75. The number of hydrogen-bond acceptors (Lipinski definition) is 2. The molecule has 0 aliphatic heterocycles. The maximum Gasteiger partial charge on any atom is 0.195 e. The van der Waals surface area contributed by atoms with Crippen molar-refractivity contribution in [3.63, 3.8) is 0 Å². The van der Waals surface area contributed by atoms with Gasteiger partial charge in [-0.15, -0.1) is 0 Å². The highest BCUT2D eigenvalue weighted by Crippen LogP contribution is 2.21. The smallest absolute Gasteiger partial charge is 0.195 e. The van der Waals surface area contributed by atoms with Gasteiger partial charge in [-0.25, -0.2) is 4.39 Å². The van der Waals surface area contributed by atoms with E-state index < -0.39 is 0 Å². The largest absolute Gasteiger partial charge is 0.360 e. The van der Waals surface area contributed by atoms with Crippen LogP contribution in [0.5, 0.6) is 0 Å². The zero-order valence-electron chi connectivity index (χ0n) is 9.35. The highest BCUT2D eigenvalue weighted by atomic mass is 19.1.